The maximum atomic E-state index is 14.0. The maximum Gasteiger partial charge on any atom is 0.334 e. The Morgan fingerprint density at radius 2 is 2.08 bits per heavy atom. The van der Waals surface area contributed by atoms with E-state index in [4.69, 9.17) is 4.74 Å². The first kappa shape index (κ1) is 16.6. The van der Waals surface area contributed by atoms with E-state index in [9.17, 15) is 14.5 Å². The molecule has 0 unspecified atom stereocenters. The molecule has 0 radical (unpaired) electrons. The summed E-state index contributed by atoms with van der Waals surface area (Å²) in [4.78, 5) is 19.6. The van der Waals surface area contributed by atoms with Crippen molar-refractivity contribution in [1.29, 1.82) is 0 Å². The van der Waals surface area contributed by atoms with Crippen molar-refractivity contribution in [2.45, 2.75) is 13.8 Å². The molecule has 25 heavy (non-hydrogen) atoms. The number of nitrogens with zero attached hydrogens (tertiary/aromatic N) is 4. The van der Waals surface area contributed by atoms with E-state index >= 15 is 0 Å². The Hall–Kier alpha value is -3.29. The highest BCUT2D eigenvalue weighted by atomic mass is 19.1. The van der Waals surface area contributed by atoms with Gasteiger partial charge < -0.3 is 4.74 Å². The van der Waals surface area contributed by atoms with E-state index < -0.39 is 10.7 Å². The summed E-state index contributed by atoms with van der Waals surface area (Å²) in [6, 6.07) is 5.64. The number of halogens is 1. The minimum atomic E-state index is -0.641. The van der Waals surface area contributed by atoms with E-state index in [0.29, 0.717) is 22.8 Å². The highest BCUT2D eigenvalue weighted by Crippen LogP contribution is 2.37. The van der Waals surface area contributed by atoms with Gasteiger partial charge in [0, 0.05) is 35.8 Å². The van der Waals surface area contributed by atoms with Gasteiger partial charge in [0.2, 0.25) is 5.75 Å². The van der Waals surface area contributed by atoms with Gasteiger partial charge in [0.1, 0.15) is 17.3 Å². The number of benzene rings is 1. The maximum absolute atomic E-state index is 14.0. The van der Waals surface area contributed by atoms with Gasteiger partial charge in [0.25, 0.3) is 0 Å². The van der Waals surface area contributed by atoms with Crippen LogP contribution < -0.4 is 4.74 Å². The van der Waals surface area contributed by atoms with Crippen molar-refractivity contribution in [2.24, 2.45) is 0 Å². The molecular weight excluding hydrogens is 327 g/mol. The van der Waals surface area contributed by atoms with Crippen LogP contribution in [0, 0.1) is 29.8 Å². The lowest BCUT2D eigenvalue weighted by atomic mass is 10.1. The van der Waals surface area contributed by atoms with E-state index in [1.165, 1.54) is 11.7 Å². The van der Waals surface area contributed by atoms with Crippen LogP contribution in [0.5, 0.6) is 5.75 Å². The van der Waals surface area contributed by atoms with Crippen LogP contribution in [0.25, 0.3) is 17.1 Å². The third-order valence-electron chi connectivity index (χ3n) is 3.76. The molecule has 0 amide bonds. The molecular formula is C17H15FN4O3. The molecule has 0 aliphatic carbocycles. The van der Waals surface area contributed by atoms with Gasteiger partial charge in [-0.1, -0.05) is 0 Å². The molecule has 0 saturated heterocycles. The van der Waals surface area contributed by atoms with Crippen molar-refractivity contribution >= 4 is 5.69 Å². The number of nitro benzene ring substituents is 1. The van der Waals surface area contributed by atoms with Crippen LogP contribution >= 0.6 is 0 Å². The second kappa shape index (κ2) is 6.31. The van der Waals surface area contributed by atoms with Crippen molar-refractivity contribution < 1.29 is 14.1 Å². The SMILES string of the molecule is COc1cc(F)cc(-n2cc(C)nc2-c2cccnc2C)c1[N+](=O)[O-]. The standard InChI is InChI=1S/C17H15FN4O3/c1-10-9-21(17(20-10)13-5-4-6-19-11(13)2)14-7-12(18)8-15(25-3)16(14)22(23)24/h4-9H,1-3H3. The zero-order chi connectivity index (χ0) is 18.1. The summed E-state index contributed by atoms with van der Waals surface area (Å²) in [5, 5.41) is 11.6. The Morgan fingerprint density at radius 3 is 2.72 bits per heavy atom. The minimum absolute atomic E-state index is 0.0423. The molecule has 128 valence electrons. The van der Waals surface area contributed by atoms with Crippen LogP contribution in [-0.4, -0.2) is 26.6 Å². The Kier molecular flexibility index (Phi) is 4.18. The number of hydrogen-bond donors (Lipinski definition) is 0. The number of rotatable bonds is 4. The number of aryl methyl sites for hydroxylation is 2. The predicted molar refractivity (Wildman–Crippen MR) is 89.4 cm³/mol. The number of aromatic nitrogens is 3. The highest BCUT2D eigenvalue weighted by molar-refractivity contribution is 5.68. The molecule has 0 aliphatic rings. The Bertz CT molecular complexity index is 969. The van der Waals surface area contributed by atoms with Gasteiger partial charge >= 0.3 is 5.69 Å². The summed E-state index contributed by atoms with van der Waals surface area (Å²) >= 11 is 0. The highest BCUT2D eigenvalue weighted by Gasteiger charge is 2.26. The van der Waals surface area contributed by atoms with Gasteiger partial charge in [0.05, 0.1) is 17.7 Å². The molecule has 0 spiro atoms. The van der Waals surface area contributed by atoms with Crippen LogP contribution in [0.4, 0.5) is 10.1 Å². The van der Waals surface area contributed by atoms with Gasteiger partial charge in [-0.05, 0) is 26.0 Å². The van der Waals surface area contributed by atoms with Crippen LogP contribution in [0.3, 0.4) is 0 Å². The summed E-state index contributed by atoms with van der Waals surface area (Å²) in [6.45, 7) is 3.57. The predicted octanol–water partition coefficient (Wildman–Crippen LogP) is 3.61. The summed E-state index contributed by atoms with van der Waals surface area (Å²) < 4.78 is 20.5. The van der Waals surface area contributed by atoms with Crippen LogP contribution in [0.15, 0.2) is 36.7 Å². The summed E-state index contributed by atoms with van der Waals surface area (Å²) in [5.41, 5.74) is 1.76. The van der Waals surface area contributed by atoms with Crippen molar-refractivity contribution in [1.82, 2.24) is 14.5 Å². The molecule has 0 atom stereocenters. The molecule has 0 fully saturated rings. The molecule has 2 aromatic heterocycles. The number of pyridine rings is 1. The molecule has 3 rings (SSSR count). The molecule has 0 bridgehead atoms. The molecule has 1 aromatic carbocycles. The van der Waals surface area contributed by atoms with Crippen LogP contribution in [0.2, 0.25) is 0 Å². The average Bonchev–Trinajstić information content (AvgIpc) is 2.95. The fourth-order valence-electron chi connectivity index (χ4n) is 2.68. The van der Waals surface area contributed by atoms with Crippen molar-refractivity contribution in [3.63, 3.8) is 0 Å². The van der Waals surface area contributed by atoms with Gasteiger partial charge in [0.15, 0.2) is 0 Å². The average molecular weight is 342 g/mol. The van der Waals surface area contributed by atoms with Gasteiger partial charge in [-0.25, -0.2) is 9.37 Å². The van der Waals surface area contributed by atoms with E-state index in [2.05, 4.69) is 9.97 Å². The number of imidazole rings is 1. The summed E-state index contributed by atoms with van der Waals surface area (Å²) in [5.74, 6) is -0.350. The molecule has 7 nitrogen and oxygen atoms in total. The summed E-state index contributed by atoms with van der Waals surface area (Å²) in [6.07, 6.45) is 3.26. The van der Waals surface area contributed by atoms with Crippen molar-refractivity contribution in [2.75, 3.05) is 7.11 Å². The zero-order valence-electron chi connectivity index (χ0n) is 13.9. The fraction of sp³-hybridized carbons (Fsp3) is 0.176. The van der Waals surface area contributed by atoms with E-state index in [0.717, 1.165) is 12.1 Å². The fourth-order valence-corrected chi connectivity index (χ4v) is 2.68. The molecule has 8 heteroatoms. The van der Waals surface area contributed by atoms with E-state index in [1.807, 2.05) is 13.0 Å². The molecule has 0 N–H and O–H groups in total. The van der Waals surface area contributed by atoms with Gasteiger partial charge in [-0.2, -0.15) is 0 Å². The molecule has 0 aliphatic heterocycles. The lowest BCUT2D eigenvalue weighted by Gasteiger charge is -2.12. The summed E-state index contributed by atoms with van der Waals surface area (Å²) in [7, 11) is 1.26. The second-order valence-corrected chi connectivity index (χ2v) is 5.45. The Labute approximate surface area is 142 Å². The van der Waals surface area contributed by atoms with Crippen molar-refractivity contribution in [3.8, 4) is 22.8 Å². The third kappa shape index (κ3) is 2.93. The van der Waals surface area contributed by atoms with E-state index in [-0.39, 0.29) is 17.1 Å². The minimum Gasteiger partial charge on any atom is -0.490 e. The third-order valence-corrected chi connectivity index (χ3v) is 3.76. The normalized spacial score (nSPS) is 10.7. The monoisotopic (exact) mass is 342 g/mol. The number of nitro groups is 1. The van der Waals surface area contributed by atoms with Gasteiger partial charge in [-0.3, -0.25) is 19.7 Å². The van der Waals surface area contributed by atoms with Gasteiger partial charge in [-0.15, -0.1) is 0 Å². The first-order valence-corrected chi connectivity index (χ1v) is 7.42. The zero-order valence-corrected chi connectivity index (χ0v) is 13.9. The largest absolute Gasteiger partial charge is 0.490 e. The lowest BCUT2D eigenvalue weighted by molar-refractivity contribution is -0.385. The first-order chi connectivity index (χ1) is 11.9. The number of hydrogen-bond acceptors (Lipinski definition) is 5. The molecule has 0 saturated carbocycles. The smallest absolute Gasteiger partial charge is 0.334 e. The Balaban J connectivity index is 2.34. The molecule has 3 aromatic rings. The quantitative estimate of drug-likeness (QED) is 0.534. The first-order valence-electron chi connectivity index (χ1n) is 7.42. The van der Waals surface area contributed by atoms with Crippen LogP contribution in [-0.2, 0) is 0 Å². The number of ether oxygens (including phenoxy) is 1. The van der Waals surface area contributed by atoms with E-state index in [1.54, 1.807) is 25.4 Å². The second-order valence-electron chi connectivity index (χ2n) is 5.45. The topological polar surface area (TPSA) is 83.1 Å². The Morgan fingerprint density at radius 1 is 1.32 bits per heavy atom. The van der Waals surface area contributed by atoms with Crippen molar-refractivity contribution in [3.05, 3.63) is 64.0 Å². The van der Waals surface area contributed by atoms with Crippen LogP contribution in [0.1, 0.15) is 11.4 Å². The lowest BCUT2D eigenvalue weighted by Crippen LogP contribution is -2.05. The number of methoxy groups -OCH3 is 1. The molecule has 2 heterocycles.